The summed E-state index contributed by atoms with van der Waals surface area (Å²) in [6, 6.07) is 10.6. The Kier molecular flexibility index (Phi) is 7.34. The Morgan fingerprint density at radius 3 is 2.58 bits per heavy atom. The Bertz CT molecular complexity index is 947. The van der Waals surface area contributed by atoms with Gasteiger partial charge in [-0.1, -0.05) is 18.2 Å². The average molecular weight is 453 g/mol. The first kappa shape index (κ1) is 22.8. The fourth-order valence-corrected chi connectivity index (χ4v) is 3.29. The fraction of sp³-hybridized carbons (Fsp3) is 0.333. The van der Waals surface area contributed by atoms with Crippen LogP contribution in [0.5, 0.6) is 5.75 Å². The zero-order chi connectivity index (χ0) is 22.4. The van der Waals surface area contributed by atoms with Gasteiger partial charge in [0.2, 0.25) is 0 Å². The lowest BCUT2D eigenvalue weighted by Gasteiger charge is -2.31. The number of carbonyl (C=O) groups excluding carboxylic acids is 1. The minimum atomic E-state index is -4.51. The van der Waals surface area contributed by atoms with Crippen LogP contribution in [-0.2, 0) is 15.7 Å². The largest absolute Gasteiger partial charge is 0.483 e. The lowest BCUT2D eigenvalue weighted by Crippen LogP contribution is -2.39. The maximum atomic E-state index is 13.2. The summed E-state index contributed by atoms with van der Waals surface area (Å²) in [7, 11) is 0. The number of para-hydroxylation sites is 1. The Balaban J connectivity index is 1.68. The zero-order valence-electron chi connectivity index (χ0n) is 16.8. The number of thiocarbonyl (C=S) groups is 1. The van der Waals surface area contributed by atoms with Crippen molar-refractivity contribution in [1.82, 2.24) is 5.32 Å². The van der Waals surface area contributed by atoms with Gasteiger partial charge in [0.25, 0.3) is 5.91 Å². The van der Waals surface area contributed by atoms with E-state index in [0.29, 0.717) is 37.7 Å². The van der Waals surface area contributed by atoms with Crippen molar-refractivity contribution in [3.63, 3.8) is 0 Å². The summed E-state index contributed by atoms with van der Waals surface area (Å²) in [5.74, 6) is 0.0321. The molecule has 1 heterocycles. The molecule has 0 atom stereocenters. The van der Waals surface area contributed by atoms with Crippen LogP contribution in [-0.4, -0.2) is 43.9 Å². The van der Waals surface area contributed by atoms with Crippen LogP contribution in [0.15, 0.2) is 42.5 Å². The summed E-state index contributed by atoms with van der Waals surface area (Å²) >= 11 is 5.14. The van der Waals surface area contributed by atoms with E-state index in [1.807, 2.05) is 24.0 Å². The summed E-state index contributed by atoms with van der Waals surface area (Å²) in [6.07, 6.45) is -4.51. The van der Waals surface area contributed by atoms with Crippen molar-refractivity contribution < 1.29 is 27.4 Å². The van der Waals surface area contributed by atoms with E-state index >= 15 is 0 Å². The molecular weight excluding hydrogens is 431 g/mol. The first-order valence-corrected chi connectivity index (χ1v) is 9.98. The third-order valence-electron chi connectivity index (χ3n) is 4.63. The number of hydrogen-bond acceptors (Lipinski definition) is 5. The number of halogens is 3. The Labute approximate surface area is 183 Å². The summed E-state index contributed by atoms with van der Waals surface area (Å²) in [4.78, 5) is 14.1. The molecule has 0 unspecified atom stereocenters. The predicted molar refractivity (Wildman–Crippen MR) is 116 cm³/mol. The van der Waals surface area contributed by atoms with Crippen molar-refractivity contribution in [2.45, 2.75) is 13.1 Å². The number of alkyl halides is 3. The summed E-state index contributed by atoms with van der Waals surface area (Å²) in [6.45, 7) is 3.56. The van der Waals surface area contributed by atoms with E-state index in [2.05, 4.69) is 10.6 Å². The SMILES string of the molecule is Cc1ccccc1OCC(=O)NC(=S)Nc1cc(C(F)(F)F)ccc1N1CCOCC1. The second-order valence-electron chi connectivity index (χ2n) is 6.89. The van der Waals surface area contributed by atoms with Crippen LogP contribution in [0.2, 0.25) is 0 Å². The summed E-state index contributed by atoms with van der Waals surface area (Å²) in [5, 5.41) is 5.04. The molecule has 0 saturated carbocycles. The topological polar surface area (TPSA) is 62.8 Å². The zero-order valence-corrected chi connectivity index (χ0v) is 17.6. The Hall–Kier alpha value is -2.85. The van der Waals surface area contributed by atoms with Crippen LogP contribution in [0, 0.1) is 6.92 Å². The van der Waals surface area contributed by atoms with Crippen molar-refractivity contribution >= 4 is 34.6 Å². The van der Waals surface area contributed by atoms with E-state index < -0.39 is 17.6 Å². The Morgan fingerprint density at radius 2 is 1.90 bits per heavy atom. The van der Waals surface area contributed by atoms with Gasteiger partial charge in [0, 0.05) is 13.1 Å². The van der Waals surface area contributed by atoms with E-state index in [-0.39, 0.29) is 17.4 Å². The van der Waals surface area contributed by atoms with Crippen LogP contribution >= 0.6 is 12.2 Å². The van der Waals surface area contributed by atoms with Crippen LogP contribution in [0.3, 0.4) is 0 Å². The highest BCUT2D eigenvalue weighted by Crippen LogP contribution is 2.35. The quantitative estimate of drug-likeness (QED) is 0.673. The van der Waals surface area contributed by atoms with Crippen molar-refractivity contribution in [2.75, 3.05) is 43.1 Å². The molecule has 2 aromatic rings. The maximum absolute atomic E-state index is 13.2. The number of nitrogens with zero attached hydrogens (tertiary/aromatic N) is 1. The van der Waals surface area contributed by atoms with Gasteiger partial charge in [0.05, 0.1) is 30.2 Å². The van der Waals surface area contributed by atoms with Gasteiger partial charge in [-0.25, -0.2) is 0 Å². The molecule has 0 bridgehead atoms. The van der Waals surface area contributed by atoms with Gasteiger partial charge in [0.1, 0.15) is 5.75 Å². The minimum Gasteiger partial charge on any atom is -0.483 e. The van der Waals surface area contributed by atoms with Gasteiger partial charge in [-0.05, 0) is 49.0 Å². The molecule has 1 fully saturated rings. The molecule has 0 aromatic heterocycles. The normalized spacial score (nSPS) is 14.1. The number of amides is 1. The minimum absolute atomic E-state index is 0.118. The molecule has 10 heteroatoms. The lowest BCUT2D eigenvalue weighted by molar-refractivity contribution is -0.137. The first-order chi connectivity index (χ1) is 14.7. The average Bonchev–Trinajstić information content (AvgIpc) is 2.73. The van der Waals surface area contributed by atoms with Gasteiger partial charge >= 0.3 is 6.18 Å². The second kappa shape index (κ2) is 9.97. The van der Waals surface area contributed by atoms with E-state index in [9.17, 15) is 18.0 Å². The van der Waals surface area contributed by atoms with Gasteiger partial charge in [-0.2, -0.15) is 13.2 Å². The molecule has 1 saturated heterocycles. The van der Waals surface area contributed by atoms with Gasteiger partial charge < -0.3 is 19.7 Å². The van der Waals surface area contributed by atoms with Crippen molar-refractivity contribution in [1.29, 1.82) is 0 Å². The number of nitrogens with one attached hydrogen (secondary N) is 2. The third kappa shape index (κ3) is 6.31. The molecule has 166 valence electrons. The van der Waals surface area contributed by atoms with Crippen molar-refractivity contribution in [3.05, 3.63) is 53.6 Å². The highest BCUT2D eigenvalue weighted by atomic mass is 32.1. The molecule has 31 heavy (non-hydrogen) atoms. The number of carbonyl (C=O) groups is 1. The smallest absolute Gasteiger partial charge is 0.416 e. The fourth-order valence-electron chi connectivity index (χ4n) is 3.07. The number of rotatable bonds is 5. The molecule has 0 aliphatic carbocycles. The molecule has 1 aliphatic heterocycles. The Morgan fingerprint density at radius 1 is 1.19 bits per heavy atom. The van der Waals surface area contributed by atoms with E-state index in [1.165, 1.54) is 6.07 Å². The lowest BCUT2D eigenvalue weighted by atomic mass is 10.1. The third-order valence-corrected chi connectivity index (χ3v) is 4.83. The molecular formula is C21H22F3N3O3S. The molecule has 0 radical (unpaired) electrons. The number of morpholine rings is 1. The van der Waals surface area contributed by atoms with Crippen LogP contribution in [0.25, 0.3) is 0 Å². The molecule has 0 spiro atoms. The van der Waals surface area contributed by atoms with Crippen LogP contribution in [0.4, 0.5) is 24.5 Å². The van der Waals surface area contributed by atoms with Gasteiger partial charge in [0.15, 0.2) is 11.7 Å². The number of hydrogen-bond donors (Lipinski definition) is 2. The standard InChI is InChI=1S/C21H22F3N3O3S/c1-14-4-2-3-5-18(14)30-13-19(28)26-20(31)25-16-12-15(21(22,23)24)6-7-17(16)27-8-10-29-11-9-27/h2-7,12H,8-11,13H2,1H3,(H2,25,26,28,31). The van der Waals surface area contributed by atoms with Crippen LogP contribution < -0.4 is 20.3 Å². The van der Waals surface area contributed by atoms with E-state index in [0.717, 1.165) is 17.7 Å². The van der Waals surface area contributed by atoms with Crippen molar-refractivity contribution in [2.24, 2.45) is 0 Å². The number of benzene rings is 2. The number of ether oxygens (including phenoxy) is 2. The van der Waals surface area contributed by atoms with Gasteiger partial charge in [-0.15, -0.1) is 0 Å². The molecule has 6 nitrogen and oxygen atoms in total. The summed E-state index contributed by atoms with van der Waals surface area (Å²) in [5.41, 5.74) is 0.755. The molecule has 1 aliphatic rings. The first-order valence-electron chi connectivity index (χ1n) is 9.57. The second-order valence-corrected chi connectivity index (χ2v) is 7.29. The molecule has 2 N–H and O–H groups in total. The highest BCUT2D eigenvalue weighted by Gasteiger charge is 2.31. The number of anilines is 2. The molecule has 3 rings (SSSR count). The number of aryl methyl sites for hydroxylation is 1. The van der Waals surface area contributed by atoms with E-state index in [1.54, 1.807) is 12.1 Å². The van der Waals surface area contributed by atoms with Crippen LogP contribution in [0.1, 0.15) is 11.1 Å². The van der Waals surface area contributed by atoms with Crippen molar-refractivity contribution in [3.8, 4) is 5.75 Å². The molecule has 2 aromatic carbocycles. The summed E-state index contributed by atoms with van der Waals surface area (Å²) < 4.78 is 50.4. The highest BCUT2D eigenvalue weighted by molar-refractivity contribution is 7.80. The molecule has 1 amide bonds. The maximum Gasteiger partial charge on any atom is 0.416 e. The van der Waals surface area contributed by atoms with E-state index in [4.69, 9.17) is 21.7 Å². The van der Waals surface area contributed by atoms with Gasteiger partial charge in [-0.3, -0.25) is 10.1 Å². The predicted octanol–water partition coefficient (Wildman–Crippen LogP) is 3.74. The monoisotopic (exact) mass is 453 g/mol.